The van der Waals surface area contributed by atoms with Crippen molar-refractivity contribution in [2.45, 2.75) is 6.42 Å². The zero-order valence-electron chi connectivity index (χ0n) is 9.83. The fraction of sp³-hybridized carbons (Fsp3) is 0.286. The van der Waals surface area contributed by atoms with E-state index in [1.165, 1.54) is 22.0 Å². The monoisotopic (exact) mass is 290 g/mol. The lowest BCUT2D eigenvalue weighted by atomic mass is 9.99. The molecule has 0 spiro atoms. The molecule has 0 atom stereocenters. The second kappa shape index (κ2) is 4.31. The van der Waals surface area contributed by atoms with Crippen LogP contribution in [-0.2, 0) is 0 Å². The zero-order valence-corrected chi connectivity index (χ0v) is 11.4. The Hall–Kier alpha value is -1.06. The van der Waals surface area contributed by atoms with Gasteiger partial charge in [-0.1, -0.05) is 28.1 Å². The maximum atomic E-state index is 3.50. The molecular weight excluding hydrogens is 276 g/mol. The van der Waals surface area contributed by atoms with Gasteiger partial charge in [-0.3, -0.25) is 0 Å². The molecule has 17 heavy (non-hydrogen) atoms. The first kappa shape index (κ1) is 11.1. The Kier molecular flexibility index (Phi) is 2.81. The minimum atomic E-state index is 1.05. The Morgan fingerprint density at radius 3 is 3.00 bits per heavy atom. The molecule has 2 nitrogen and oxygen atoms in total. The number of nitrogens with one attached hydrogen (secondary N) is 1. The summed E-state index contributed by atoms with van der Waals surface area (Å²) in [5.41, 5.74) is 4.03. The van der Waals surface area contributed by atoms with Crippen molar-refractivity contribution < 1.29 is 0 Å². The minimum Gasteiger partial charge on any atom is -0.361 e. The van der Waals surface area contributed by atoms with E-state index in [2.05, 4.69) is 63.3 Å². The van der Waals surface area contributed by atoms with Crippen molar-refractivity contribution in [2.75, 3.05) is 20.1 Å². The Balaban J connectivity index is 2.06. The minimum absolute atomic E-state index is 1.05. The van der Waals surface area contributed by atoms with Crippen molar-refractivity contribution in [3.63, 3.8) is 0 Å². The summed E-state index contributed by atoms with van der Waals surface area (Å²) in [5.74, 6) is 0. The van der Waals surface area contributed by atoms with Crippen LogP contribution in [0.5, 0.6) is 0 Å². The summed E-state index contributed by atoms with van der Waals surface area (Å²) in [7, 11) is 2.17. The summed E-state index contributed by atoms with van der Waals surface area (Å²) in [6, 6.07) is 6.42. The molecule has 3 rings (SSSR count). The fourth-order valence-electron chi connectivity index (χ4n) is 2.38. The van der Waals surface area contributed by atoms with Gasteiger partial charge < -0.3 is 9.88 Å². The van der Waals surface area contributed by atoms with Gasteiger partial charge in [-0.05, 0) is 31.2 Å². The van der Waals surface area contributed by atoms with Crippen LogP contribution < -0.4 is 0 Å². The number of hydrogen-bond acceptors (Lipinski definition) is 1. The van der Waals surface area contributed by atoms with Crippen molar-refractivity contribution in [3.05, 3.63) is 40.5 Å². The van der Waals surface area contributed by atoms with Crippen molar-refractivity contribution in [1.82, 2.24) is 9.88 Å². The van der Waals surface area contributed by atoms with E-state index in [-0.39, 0.29) is 0 Å². The first-order valence-electron chi connectivity index (χ1n) is 5.88. The first-order chi connectivity index (χ1) is 8.24. The SMILES string of the molecule is CN1CC=C(c2c[nH]c3cc(Br)ccc23)CC1. The molecule has 1 N–H and O–H groups in total. The number of fused-ring (bicyclic) bond motifs is 1. The van der Waals surface area contributed by atoms with Gasteiger partial charge in [0.25, 0.3) is 0 Å². The van der Waals surface area contributed by atoms with Crippen LogP contribution >= 0.6 is 15.9 Å². The van der Waals surface area contributed by atoms with Crippen molar-refractivity contribution >= 4 is 32.4 Å². The third kappa shape index (κ3) is 2.05. The maximum absolute atomic E-state index is 3.50. The van der Waals surface area contributed by atoms with Crippen molar-refractivity contribution in [1.29, 1.82) is 0 Å². The van der Waals surface area contributed by atoms with Crippen LogP contribution in [0.1, 0.15) is 12.0 Å². The average molecular weight is 291 g/mol. The van der Waals surface area contributed by atoms with Gasteiger partial charge >= 0.3 is 0 Å². The highest BCUT2D eigenvalue weighted by molar-refractivity contribution is 9.10. The molecule has 1 aromatic heterocycles. The highest BCUT2D eigenvalue weighted by Gasteiger charge is 2.13. The van der Waals surface area contributed by atoms with Gasteiger partial charge in [-0.25, -0.2) is 0 Å². The fourth-order valence-corrected chi connectivity index (χ4v) is 2.74. The third-order valence-corrected chi connectivity index (χ3v) is 3.90. The molecule has 2 heterocycles. The molecule has 3 heteroatoms. The lowest BCUT2D eigenvalue weighted by Crippen LogP contribution is -2.23. The van der Waals surface area contributed by atoms with Crippen LogP contribution in [0.15, 0.2) is 34.9 Å². The standard InChI is InChI=1S/C14H15BrN2/c1-17-6-4-10(5-7-17)13-9-16-14-8-11(15)2-3-12(13)14/h2-4,8-9,16H,5-7H2,1H3. The predicted octanol–water partition coefficient (Wildman–Crippen LogP) is 3.65. The molecule has 0 unspecified atom stereocenters. The van der Waals surface area contributed by atoms with Crippen LogP contribution in [0.2, 0.25) is 0 Å². The molecule has 0 bridgehead atoms. The molecule has 1 aliphatic rings. The second-order valence-corrected chi connectivity index (χ2v) is 5.55. The van der Waals surface area contributed by atoms with E-state index < -0.39 is 0 Å². The summed E-state index contributed by atoms with van der Waals surface area (Å²) >= 11 is 3.50. The molecule has 2 aromatic rings. The molecule has 0 saturated carbocycles. The summed E-state index contributed by atoms with van der Waals surface area (Å²) in [4.78, 5) is 5.70. The summed E-state index contributed by atoms with van der Waals surface area (Å²) < 4.78 is 1.12. The molecule has 0 aliphatic carbocycles. The second-order valence-electron chi connectivity index (χ2n) is 4.63. The number of rotatable bonds is 1. The predicted molar refractivity (Wildman–Crippen MR) is 76.1 cm³/mol. The number of nitrogens with zero attached hydrogens (tertiary/aromatic N) is 1. The lowest BCUT2D eigenvalue weighted by Gasteiger charge is -2.21. The smallest absolute Gasteiger partial charge is 0.0471 e. The molecule has 1 aromatic carbocycles. The van der Waals surface area contributed by atoms with E-state index >= 15 is 0 Å². The number of H-pyrrole nitrogens is 1. The Morgan fingerprint density at radius 1 is 1.35 bits per heavy atom. The number of hydrogen-bond donors (Lipinski definition) is 1. The zero-order chi connectivity index (χ0) is 11.8. The molecule has 0 fully saturated rings. The first-order valence-corrected chi connectivity index (χ1v) is 6.68. The van der Waals surface area contributed by atoms with Gasteiger partial charge in [-0.2, -0.15) is 0 Å². The molecule has 88 valence electrons. The van der Waals surface area contributed by atoms with Gasteiger partial charge in [0.15, 0.2) is 0 Å². The van der Waals surface area contributed by atoms with Gasteiger partial charge in [0.2, 0.25) is 0 Å². The van der Waals surface area contributed by atoms with Crippen LogP contribution in [0, 0.1) is 0 Å². The van der Waals surface area contributed by atoms with E-state index in [0.29, 0.717) is 0 Å². The molecule has 0 radical (unpaired) electrons. The van der Waals surface area contributed by atoms with E-state index in [1.807, 2.05) is 0 Å². The van der Waals surface area contributed by atoms with E-state index in [4.69, 9.17) is 0 Å². The Labute approximate surface area is 109 Å². The van der Waals surface area contributed by atoms with Gasteiger partial charge in [0.1, 0.15) is 0 Å². The topological polar surface area (TPSA) is 19.0 Å². The highest BCUT2D eigenvalue weighted by Crippen LogP contribution is 2.30. The number of aromatic nitrogens is 1. The molecule has 0 amide bonds. The number of benzene rings is 1. The lowest BCUT2D eigenvalue weighted by molar-refractivity contribution is 0.370. The highest BCUT2D eigenvalue weighted by atomic mass is 79.9. The number of halogens is 1. The number of aromatic amines is 1. The van der Waals surface area contributed by atoms with Crippen molar-refractivity contribution in [3.8, 4) is 0 Å². The van der Waals surface area contributed by atoms with Crippen molar-refractivity contribution in [2.24, 2.45) is 0 Å². The quantitative estimate of drug-likeness (QED) is 0.849. The number of likely N-dealkylation sites (N-methyl/N-ethyl adjacent to an activating group) is 1. The van der Waals surface area contributed by atoms with Crippen LogP contribution in [0.25, 0.3) is 16.5 Å². The summed E-state index contributed by atoms with van der Waals surface area (Å²) in [6.45, 7) is 2.20. The van der Waals surface area contributed by atoms with E-state index in [9.17, 15) is 0 Å². The molecular formula is C14H15BrN2. The van der Waals surface area contributed by atoms with Crippen LogP contribution in [0.4, 0.5) is 0 Å². The van der Waals surface area contributed by atoms with Gasteiger partial charge in [-0.15, -0.1) is 0 Å². The summed E-state index contributed by atoms with van der Waals surface area (Å²) in [6.07, 6.45) is 5.61. The van der Waals surface area contributed by atoms with Crippen LogP contribution in [-0.4, -0.2) is 30.0 Å². The average Bonchev–Trinajstić information content (AvgIpc) is 2.73. The Morgan fingerprint density at radius 2 is 2.24 bits per heavy atom. The maximum Gasteiger partial charge on any atom is 0.0471 e. The summed E-state index contributed by atoms with van der Waals surface area (Å²) in [5, 5.41) is 1.32. The normalized spacial score (nSPS) is 17.4. The third-order valence-electron chi connectivity index (χ3n) is 3.40. The van der Waals surface area contributed by atoms with E-state index in [1.54, 1.807) is 0 Å². The molecule has 1 aliphatic heterocycles. The van der Waals surface area contributed by atoms with Gasteiger partial charge in [0, 0.05) is 40.2 Å². The van der Waals surface area contributed by atoms with Crippen LogP contribution in [0.3, 0.4) is 0 Å². The van der Waals surface area contributed by atoms with E-state index in [0.717, 1.165) is 24.0 Å². The largest absolute Gasteiger partial charge is 0.361 e. The van der Waals surface area contributed by atoms with Gasteiger partial charge in [0.05, 0.1) is 0 Å². The Bertz CT molecular complexity index is 583. The molecule has 0 saturated heterocycles.